The van der Waals surface area contributed by atoms with Crippen molar-refractivity contribution in [1.82, 2.24) is 24.9 Å². The second-order valence-electron chi connectivity index (χ2n) is 5.66. The van der Waals surface area contributed by atoms with Gasteiger partial charge in [0.15, 0.2) is 16.8 Å². The quantitative estimate of drug-likeness (QED) is 0.454. The molecule has 4 aromatic rings. The van der Waals surface area contributed by atoms with Crippen LogP contribution in [0.3, 0.4) is 0 Å². The van der Waals surface area contributed by atoms with E-state index in [1.807, 2.05) is 12.1 Å². The van der Waals surface area contributed by atoms with Crippen molar-refractivity contribution in [3.8, 4) is 22.8 Å². The summed E-state index contributed by atoms with van der Waals surface area (Å²) < 4.78 is 21.0. The summed E-state index contributed by atoms with van der Waals surface area (Å²) in [5, 5.41) is 13.4. The van der Waals surface area contributed by atoms with Crippen molar-refractivity contribution in [1.29, 1.82) is 0 Å². The lowest BCUT2D eigenvalue weighted by Crippen LogP contribution is -1.97. The van der Waals surface area contributed by atoms with Gasteiger partial charge in [0.05, 0.1) is 11.3 Å². The summed E-state index contributed by atoms with van der Waals surface area (Å²) in [5.74, 6) is 1.48. The number of hydrogen-bond acceptors (Lipinski definition) is 6. The molecule has 0 amide bonds. The van der Waals surface area contributed by atoms with Gasteiger partial charge in [0.25, 0.3) is 5.89 Å². The van der Waals surface area contributed by atoms with E-state index in [1.54, 1.807) is 41.9 Å². The van der Waals surface area contributed by atoms with Gasteiger partial charge < -0.3 is 9.09 Å². The van der Waals surface area contributed by atoms with E-state index in [-0.39, 0.29) is 5.82 Å². The average Bonchev–Trinajstić information content (AvgIpc) is 3.28. The predicted molar refractivity (Wildman–Crippen MR) is 101 cm³/mol. The molecule has 27 heavy (non-hydrogen) atoms. The number of benzene rings is 2. The van der Waals surface area contributed by atoms with Gasteiger partial charge in [-0.3, -0.25) is 0 Å². The summed E-state index contributed by atoms with van der Waals surface area (Å²) >= 11 is 7.37. The predicted octanol–water partition coefficient (Wildman–Crippen LogP) is 4.62. The molecule has 0 bridgehead atoms. The molecule has 0 atom stereocenters. The summed E-state index contributed by atoms with van der Waals surface area (Å²) in [7, 11) is 1.79. The minimum absolute atomic E-state index is 0.339. The van der Waals surface area contributed by atoms with Crippen LogP contribution in [0.4, 0.5) is 4.39 Å². The molecule has 4 rings (SSSR count). The summed E-state index contributed by atoms with van der Waals surface area (Å²) in [6, 6.07) is 13.7. The summed E-state index contributed by atoms with van der Waals surface area (Å²) in [4.78, 5) is 4.37. The van der Waals surface area contributed by atoms with Gasteiger partial charge in [0.1, 0.15) is 5.82 Å². The molecule has 0 spiro atoms. The van der Waals surface area contributed by atoms with E-state index in [0.717, 1.165) is 5.56 Å². The molecule has 0 fully saturated rings. The molecule has 0 aliphatic heterocycles. The molecule has 0 N–H and O–H groups in total. The zero-order chi connectivity index (χ0) is 18.8. The van der Waals surface area contributed by atoms with Gasteiger partial charge in [0.2, 0.25) is 0 Å². The second-order valence-corrected chi connectivity index (χ2v) is 7.04. The highest BCUT2D eigenvalue weighted by Crippen LogP contribution is 2.27. The van der Waals surface area contributed by atoms with Crippen LogP contribution in [0.5, 0.6) is 0 Å². The molecule has 0 aliphatic carbocycles. The molecule has 0 unspecified atom stereocenters. The molecule has 9 heteroatoms. The van der Waals surface area contributed by atoms with E-state index < -0.39 is 0 Å². The molecule has 136 valence electrons. The first kappa shape index (κ1) is 17.7. The van der Waals surface area contributed by atoms with E-state index in [0.29, 0.717) is 39.0 Å². The number of aromatic nitrogens is 5. The maximum absolute atomic E-state index is 14.0. The van der Waals surface area contributed by atoms with Crippen molar-refractivity contribution >= 4 is 23.4 Å². The monoisotopic (exact) mass is 401 g/mol. The summed E-state index contributed by atoms with van der Waals surface area (Å²) in [6.07, 6.45) is 0. The van der Waals surface area contributed by atoms with E-state index in [1.165, 1.54) is 17.8 Å². The van der Waals surface area contributed by atoms with E-state index in [4.69, 9.17) is 16.1 Å². The van der Waals surface area contributed by atoms with Gasteiger partial charge in [-0.15, -0.1) is 10.2 Å². The van der Waals surface area contributed by atoms with Crippen molar-refractivity contribution in [2.45, 2.75) is 10.9 Å². The van der Waals surface area contributed by atoms with Crippen molar-refractivity contribution in [2.24, 2.45) is 7.05 Å². The summed E-state index contributed by atoms with van der Waals surface area (Å²) in [5.41, 5.74) is 1.16. The number of nitrogens with zero attached hydrogens (tertiary/aromatic N) is 5. The van der Waals surface area contributed by atoms with Crippen LogP contribution in [0.1, 0.15) is 5.82 Å². The molecule has 0 saturated carbocycles. The Bertz CT molecular complexity index is 1100. The van der Waals surface area contributed by atoms with Crippen LogP contribution in [-0.2, 0) is 12.8 Å². The standard InChI is InChI=1S/C18H13ClFN5OS/c1-25-16(13-7-2-3-8-14(13)20)22-23-18(25)27-10-15-21-17(26-24-15)11-5-4-6-12(19)9-11/h2-9H,10H2,1H3. The molecule has 2 aromatic heterocycles. The van der Waals surface area contributed by atoms with Crippen molar-refractivity contribution in [3.05, 3.63) is 65.2 Å². The first-order valence-electron chi connectivity index (χ1n) is 7.97. The second kappa shape index (κ2) is 7.50. The molecular formula is C18H13ClFN5OS. The first-order chi connectivity index (χ1) is 13.1. The smallest absolute Gasteiger partial charge is 0.258 e. The van der Waals surface area contributed by atoms with Gasteiger partial charge in [-0.05, 0) is 30.3 Å². The normalized spacial score (nSPS) is 11.1. The Morgan fingerprint density at radius 1 is 1.15 bits per heavy atom. The number of hydrogen-bond donors (Lipinski definition) is 0. The van der Waals surface area contributed by atoms with Crippen LogP contribution in [0.25, 0.3) is 22.8 Å². The molecule has 0 saturated heterocycles. The Kier molecular flexibility index (Phi) is 4.91. The van der Waals surface area contributed by atoms with Crippen molar-refractivity contribution in [2.75, 3.05) is 0 Å². The Morgan fingerprint density at radius 3 is 2.81 bits per heavy atom. The van der Waals surface area contributed by atoms with E-state index in [9.17, 15) is 4.39 Å². The first-order valence-corrected chi connectivity index (χ1v) is 9.34. The van der Waals surface area contributed by atoms with Crippen LogP contribution in [-0.4, -0.2) is 24.9 Å². The van der Waals surface area contributed by atoms with Crippen LogP contribution in [0.15, 0.2) is 58.2 Å². The minimum atomic E-state index is -0.339. The fourth-order valence-electron chi connectivity index (χ4n) is 2.50. The summed E-state index contributed by atoms with van der Waals surface area (Å²) in [6.45, 7) is 0. The Labute approximate surface area is 163 Å². The Balaban J connectivity index is 1.50. The van der Waals surface area contributed by atoms with Crippen LogP contribution in [0, 0.1) is 5.82 Å². The zero-order valence-corrected chi connectivity index (χ0v) is 15.7. The number of halogens is 2. The van der Waals surface area contributed by atoms with E-state index >= 15 is 0 Å². The molecule has 2 aromatic carbocycles. The SMILES string of the molecule is Cn1c(SCc2noc(-c3cccc(Cl)c3)n2)nnc1-c1ccccc1F. The minimum Gasteiger partial charge on any atom is -0.334 e. The van der Waals surface area contributed by atoms with Crippen LogP contribution in [0.2, 0.25) is 5.02 Å². The van der Waals surface area contributed by atoms with E-state index in [2.05, 4.69) is 20.3 Å². The van der Waals surface area contributed by atoms with Gasteiger partial charge in [-0.1, -0.05) is 46.7 Å². The fraction of sp³-hybridized carbons (Fsp3) is 0.111. The van der Waals surface area contributed by atoms with Gasteiger partial charge in [0, 0.05) is 17.6 Å². The van der Waals surface area contributed by atoms with Gasteiger partial charge in [-0.25, -0.2) is 4.39 Å². The van der Waals surface area contributed by atoms with Gasteiger partial charge >= 0.3 is 0 Å². The number of thioether (sulfide) groups is 1. The molecular weight excluding hydrogens is 389 g/mol. The molecule has 0 radical (unpaired) electrons. The fourth-order valence-corrected chi connectivity index (χ4v) is 3.44. The topological polar surface area (TPSA) is 69.6 Å². The highest BCUT2D eigenvalue weighted by atomic mass is 35.5. The van der Waals surface area contributed by atoms with Crippen LogP contribution < -0.4 is 0 Å². The molecule has 2 heterocycles. The zero-order valence-electron chi connectivity index (χ0n) is 14.1. The largest absolute Gasteiger partial charge is 0.334 e. The third-order valence-corrected chi connectivity index (χ3v) is 5.07. The van der Waals surface area contributed by atoms with Crippen LogP contribution >= 0.6 is 23.4 Å². The maximum atomic E-state index is 14.0. The highest BCUT2D eigenvalue weighted by molar-refractivity contribution is 7.98. The lowest BCUT2D eigenvalue weighted by Gasteiger charge is -2.03. The average molecular weight is 402 g/mol. The third kappa shape index (κ3) is 3.72. The van der Waals surface area contributed by atoms with Gasteiger partial charge in [-0.2, -0.15) is 4.98 Å². The number of rotatable bonds is 5. The highest BCUT2D eigenvalue weighted by Gasteiger charge is 2.16. The van der Waals surface area contributed by atoms with Crippen molar-refractivity contribution < 1.29 is 8.91 Å². The lowest BCUT2D eigenvalue weighted by atomic mass is 10.2. The molecule has 6 nitrogen and oxygen atoms in total. The molecule has 0 aliphatic rings. The third-order valence-electron chi connectivity index (χ3n) is 3.82. The van der Waals surface area contributed by atoms with Crippen molar-refractivity contribution in [3.63, 3.8) is 0 Å². The Hall–Kier alpha value is -2.71. The maximum Gasteiger partial charge on any atom is 0.258 e. The Morgan fingerprint density at radius 2 is 2.00 bits per heavy atom. The lowest BCUT2D eigenvalue weighted by molar-refractivity contribution is 0.425.